The van der Waals surface area contributed by atoms with Gasteiger partial charge in [0.25, 0.3) is 0 Å². The van der Waals surface area contributed by atoms with E-state index >= 15 is 0 Å². The summed E-state index contributed by atoms with van der Waals surface area (Å²) in [5.41, 5.74) is 9.53. The molecule has 4 aliphatic carbocycles. The van der Waals surface area contributed by atoms with Crippen LogP contribution in [0.15, 0.2) is 24.3 Å². The van der Waals surface area contributed by atoms with E-state index in [-0.39, 0.29) is 5.60 Å². The second kappa shape index (κ2) is 3.78. The quantitative estimate of drug-likeness (QED) is 0.791. The minimum Gasteiger partial charge on any atom is -0.373 e. The van der Waals surface area contributed by atoms with Gasteiger partial charge in [-0.25, -0.2) is 0 Å². The van der Waals surface area contributed by atoms with E-state index < -0.39 is 0 Å². The molecule has 7 rings (SSSR count). The van der Waals surface area contributed by atoms with Crippen molar-refractivity contribution in [3.63, 3.8) is 0 Å². The van der Waals surface area contributed by atoms with Crippen LogP contribution in [-0.2, 0) is 11.2 Å². The molecule has 3 heteroatoms. The highest BCUT2D eigenvalue weighted by atomic mass is 16.5. The molecule has 2 fully saturated rings. The third kappa shape index (κ3) is 1.18. The van der Waals surface area contributed by atoms with E-state index in [2.05, 4.69) is 24.3 Å². The van der Waals surface area contributed by atoms with Crippen LogP contribution in [0, 0.1) is 5.92 Å². The molecule has 1 heterocycles. The van der Waals surface area contributed by atoms with Gasteiger partial charge in [-0.15, -0.1) is 0 Å². The third-order valence-corrected chi connectivity index (χ3v) is 7.57. The summed E-state index contributed by atoms with van der Waals surface area (Å²) in [6.45, 7) is 0.834. The second-order valence-electron chi connectivity index (χ2n) is 8.32. The molecule has 2 aromatic carbocycles. The lowest BCUT2D eigenvalue weighted by Gasteiger charge is -2.38. The van der Waals surface area contributed by atoms with Crippen molar-refractivity contribution in [2.75, 3.05) is 6.61 Å². The fraction of sp³-hybridized carbons (Fsp3) is 0.364. The fourth-order valence-corrected chi connectivity index (χ4v) is 6.92. The molecule has 0 amide bonds. The Balaban J connectivity index is 1.68. The number of ether oxygens (including phenoxy) is 1. The van der Waals surface area contributed by atoms with Crippen LogP contribution in [0.2, 0.25) is 0 Å². The summed E-state index contributed by atoms with van der Waals surface area (Å²) in [4.78, 5) is 23.0. The van der Waals surface area contributed by atoms with Crippen LogP contribution >= 0.6 is 0 Å². The zero-order chi connectivity index (χ0) is 16.5. The first-order valence-corrected chi connectivity index (χ1v) is 9.17. The SMILES string of the molecule is O=Cc1cc2c3c(c1)C1C4c5cc(C=O)cc(c5-3)C(C2)C2CCOC214. The normalized spacial score (nSPS) is 36.6. The summed E-state index contributed by atoms with van der Waals surface area (Å²) < 4.78 is 6.47. The zero-order valence-electron chi connectivity index (χ0n) is 13.6. The van der Waals surface area contributed by atoms with E-state index in [0.717, 1.165) is 43.1 Å². The molecule has 1 spiro atoms. The van der Waals surface area contributed by atoms with Gasteiger partial charge in [-0.05, 0) is 82.3 Å². The Hall–Kier alpha value is -2.26. The lowest BCUT2D eigenvalue weighted by Crippen LogP contribution is -2.31. The number of benzene rings is 2. The minimum absolute atomic E-state index is 0.0971. The van der Waals surface area contributed by atoms with Gasteiger partial charge in [0.1, 0.15) is 12.6 Å². The highest BCUT2D eigenvalue weighted by Gasteiger charge is 2.77. The van der Waals surface area contributed by atoms with E-state index in [0.29, 0.717) is 23.7 Å². The molecule has 5 unspecified atom stereocenters. The highest BCUT2D eigenvalue weighted by molar-refractivity contribution is 5.92. The van der Waals surface area contributed by atoms with E-state index in [1.54, 1.807) is 0 Å². The monoisotopic (exact) mass is 328 g/mol. The van der Waals surface area contributed by atoms with Crippen molar-refractivity contribution < 1.29 is 14.3 Å². The first-order valence-electron chi connectivity index (χ1n) is 9.17. The van der Waals surface area contributed by atoms with Crippen molar-refractivity contribution >= 4 is 12.6 Å². The number of aldehydes is 2. The maximum absolute atomic E-state index is 11.5. The minimum atomic E-state index is -0.0971. The van der Waals surface area contributed by atoms with Crippen molar-refractivity contribution in [2.24, 2.45) is 5.92 Å². The van der Waals surface area contributed by atoms with Gasteiger partial charge in [-0.2, -0.15) is 0 Å². The fourth-order valence-electron chi connectivity index (χ4n) is 6.92. The van der Waals surface area contributed by atoms with E-state index in [9.17, 15) is 9.59 Å². The number of hydrogen-bond donors (Lipinski definition) is 0. The molecule has 122 valence electrons. The highest BCUT2D eigenvalue weighted by Crippen LogP contribution is 2.80. The van der Waals surface area contributed by atoms with Crippen LogP contribution in [0.25, 0.3) is 11.1 Å². The van der Waals surface area contributed by atoms with Crippen LogP contribution in [0.5, 0.6) is 0 Å². The van der Waals surface area contributed by atoms with Gasteiger partial charge in [0.05, 0.1) is 5.60 Å². The first-order chi connectivity index (χ1) is 12.3. The van der Waals surface area contributed by atoms with E-state index in [1.165, 1.54) is 33.4 Å². The van der Waals surface area contributed by atoms with Gasteiger partial charge in [0.2, 0.25) is 0 Å². The lowest BCUT2D eigenvalue weighted by atomic mass is 9.65. The molecule has 1 saturated carbocycles. The predicted molar refractivity (Wildman–Crippen MR) is 91.4 cm³/mol. The van der Waals surface area contributed by atoms with E-state index in [1.807, 2.05) is 0 Å². The number of carbonyl (C=O) groups is 2. The number of hydrogen-bond acceptors (Lipinski definition) is 3. The molecule has 0 N–H and O–H groups in total. The molecule has 5 bridgehead atoms. The molecule has 5 atom stereocenters. The molecule has 2 aromatic rings. The molecule has 5 aliphatic rings. The average molecular weight is 328 g/mol. The summed E-state index contributed by atoms with van der Waals surface area (Å²) in [5, 5.41) is 0. The Morgan fingerprint density at radius 1 is 0.920 bits per heavy atom. The van der Waals surface area contributed by atoms with Crippen LogP contribution < -0.4 is 0 Å². The zero-order valence-corrected chi connectivity index (χ0v) is 13.6. The number of rotatable bonds is 2. The van der Waals surface area contributed by atoms with Crippen LogP contribution in [0.1, 0.15) is 67.1 Å². The Bertz CT molecular complexity index is 1020. The smallest absolute Gasteiger partial charge is 0.150 e. The van der Waals surface area contributed by atoms with Gasteiger partial charge >= 0.3 is 0 Å². The van der Waals surface area contributed by atoms with Gasteiger partial charge in [0, 0.05) is 29.6 Å². The van der Waals surface area contributed by atoms with Gasteiger partial charge in [0.15, 0.2) is 0 Å². The second-order valence-corrected chi connectivity index (χ2v) is 8.32. The van der Waals surface area contributed by atoms with E-state index in [4.69, 9.17) is 4.74 Å². The number of carbonyl (C=O) groups excluding carboxylic acids is 2. The first kappa shape index (κ1) is 13.0. The molecular formula is C22H16O3. The molecule has 25 heavy (non-hydrogen) atoms. The van der Waals surface area contributed by atoms with Crippen molar-refractivity contribution in [2.45, 2.75) is 36.2 Å². The summed E-state index contributed by atoms with van der Waals surface area (Å²) in [7, 11) is 0. The van der Waals surface area contributed by atoms with Crippen LogP contribution in [-0.4, -0.2) is 24.8 Å². The predicted octanol–water partition coefficient (Wildman–Crippen LogP) is 3.60. The molecule has 1 aliphatic heterocycles. The molecule has 0 aromatic heterocycles. The summed E-state index contributed by atoms with van der Waals surface area (Å²) in [6, 6.07) is 8.41. The average Bonchev–Trinajstić information content (AvgIpc) is 3.10. The van der Waals surface area contributed by atoms with Crippen LogP contribution in [0.4, 0.5) is 0 Å². The summed E-state index contributed by atoms with van der Waals surface area (Å²) in [6.07, 6.45) is 4.03. The van der Waals surface area contributed by atoms with Gasteiger partial charge < -0.3 is 4.74 Å². The van der Waals surface area contributed by atoms with Crippen molar-refractivity contribution in [3.05, 3.63) is 57.6 Å². The number of fused-ring (bicyclic) bond motifs is 2. The Morgan fingerprint density at radius 2 is 1.60 bits per heavy atom. The topological polar surface area (TPSA) is 43.4 Å². The van der Waals surface area contributed by atoms with Crippen molar-refractivity contribution in [3.8, 4) is 11.1 Å². The standard InChI is InChI=1S/C22H16O3/c23-8-10-3-12-7-13-14-4-11(9-24)6-16-19(14)18(12)15(5-10)20-21(16)22(20)17(13)1-2-25-22/h3-6,8-9,13,17,20-21H,1-2,7H2. The summed E-state index contributed by atoms with van der Waals surface area (Å²) >= 11 is 0. The largest absolute Gasteiger partial charge is 0.373 e. The maximum Gasteiger partial charge on any atom is 0.150 e. The molecule has 1 saturated heterocycles. The third-order valence-electron chi connectivity index (χ3n) is 7.57. The Morgan fingerprint density at radius 3 is 2.36 bits per heavy atom. The Kier molecular flexibility index (Phi) is 1.97. The van der Waals surface area contributed by atoms with Gasteiger partial charge in [-0.1, -0.05) is 0 Å². The van der Waals surface area contributed by atoms with Crippen LogP contribution in [0.3, 0.4) is 0 Å². The molecule has 3 nitrogen and oxygen atoms in total. The summed E-state index contributed by atoms with van der Waals surface area (Å²) in [5.74, 6) is 1.65. The van der Waals surface area contributed by atoms with Gasteiger partial charge in [-0.3, -0.25) is 9.59 Å². The van der Waals surface area contributed by atoms with Crippen molar-refractivity contribution in [1.29, 1.82) is 0 Å². The maximum atomic E-state index is 11.5. The Labute approximate surface area is 145 Å². The lowest BCUT2D eigenvalue weighted by molar-refractivity contribution is 0.0512. The molecular weight excluding hydrogens is 312 g/mol. The molecule has 0 radical (unpaired) electrons. The van der Waals surface area contributed by atoms with Crippen molar-refractivity contribution in [1.82, 2.24) is 0 Å².